The Balaban J connectivity index is 0.000000170. The standard InChI is InChI=1S/5C12H12N2O3/c5*1-2-12(8-6-4-3-5-7-8)9(15)13-11(17)14-10(12)16/h5*3-7H,2H2,1H3,(H2,13,14,15,16,17). The van der Waals surface area contributed by atoms with Crippen LogP contribution in [0.5, 0.6) is 0 Å². The molecule has 20 amide bonds. The third-order valence-corrected chi connectivity index (χ3v) is 15.1. The van der Waals surface area contributed by atoms with E-state index in [4.69, 9.17) is 0 Å². The molecule has 0 spiro atoms. The zero-order chi connectivity index (χ0) is 62.3. The van der Waals surface area contributed by atoms with Crippen LogP contribution in [0.25, 0.3) is 0 Å². The number of urea groups is 5. The van der Waals surface area contributed by atoms with Gasteiger partial charge in [0, 0.05) is 0 Å². The van der Waals surface area contributed by atoms with Crippen molar-refractivity contribution < 1.29 is 71.9 Å². The number of imide groups is 10. The predicted molar refractivity (Wildman–Crippen MR) is 300 cm³/mol. The van der Waals surface area contributed by atoms with E-state index in [0.717, 1.165) is 0 Å². The summed E-state index contributed by atoms with van der Waals surface area (Å²) in [7, 11) is 0. The van der Waals surface area contributed by atoms with E-state index >= 15 is 0 Å². The Labute approximate surface area is 486 Å². The zero-order valence-corrected chi connectivity index (χ0v) is 46.6. The SMILES string of the molecule is CCC1(c2ccccc2)C(=O)NC(=O)NC1=O.CCC1(c2ccccc2)C(=O)NC(=O)NC1=O.CCC1(c2ccccc2)C(=O)NC(=O)NC1=O.CCC1(c2ccccc2)C(=O)NC(=O)NC1=O.CCC1(c2ccccc2)C(=O)NC(=O)NC1=O. The summed E-state index contributed by atoms with van der Waals surface area (Å²) in [5, 5.41) is 21.4. The fraction of sp³-hybridized carbons (Fsp3) is 0.250. The quantitative estimate of drug-likeness (QED) is 0.0895. The predicted octanol–water partition coefficient (Wildman–Crippen LogP) is 3.50. The number of barbiturate groups is 5. The van der Waals surface area contributed by atoms with Crippen molar-refractivity contribution in [3.05, 3.63) is 179 Å². The molecule has 5 aromatic rings. The lowest BCUT2D eigenvalue weighted by Gasteiger charge is -2.33. The maximum absolute atomic E-state index is 12.0. The molecular formula is C60H60N10O15. The molecule has 0 atom stereocenters. The van der Waals surface area contributed by atoms with E-state index in [2.05, 4.69) is 53.2 Å². The number of benzene rings is 5. The lowest BCUT2D eigenvalue weighted by molar-refractivity contribution is -0.140. The molecule has 5 saturated heterocycles. The highest BCUT2D eigenvalue weighted by Gasteiger charge is 2.54. The van der Waals surface area contributed by atoms with Gasteiger partial charge in [0.1, 0.15) is 0 Å². The Morgan fingerprint density at radius 3 is 0.400 bits per heavy atom. The summed E-state index contributed by atoms with van der Waals surface area (Å²) in [6.45, 7) is 8.69. The zero-order valence-electron chi connectivity index (χ0n) is 46.6. The minimum atomic E-state index is -1.31. The van der Waals surface area contributed by atoms with Crippen LogP contribution in [-0.2, 0) is 75.0 Å². The van der Waals surface area contributed by atoms with E-state index in [-0.39, 0.29) is 0 Å². The van der Waals surface area contributed by atoms with Crippen molar-refractivity contribution in [3.8, 4) is 0 Å². The Morgan fingerprint density at radius 1 is 0.200 bits per heavy atom. The van der Waals surface area contributed by atoms with Gasteiger partial charge in [0.25, 0.3) is 0 Å². The first kappa shape index (κ1) is 63.3. The van der Waals surface area contributed by atoms with Crippen molar-refractivity contribution >= 4 is 89.2 Å². The van der Waals surface area contributed by atoms with E-state index in [1.165, 1.54) is 0 Å². The molecule has 5 aliphatic heterocycles. The summed E-state index contributed by atoms with van der Waals surface area (Å²) in [4.78, 5) is 175. The van der Waals surface area contributed by atoms with Crippen LogP contribution in [0.15, 0.2) is 152 Å². The van der Waals surface area contributed by atoms with Crippen LogP contribution >= 0.6 is 0 Å². The topological polar surface area (TPSA) is 376 Å². The van der Waals surface area contributed by atoms with Gasteiger partial charge in [0.15, 0.2) is 27.1 Å². The second-order valence-corrected chi connectivity index (χ2v) is 19.3. The molecule has 0 saturated carbocycles. The van der Waals surface area contributed by atoms with Gasteiger partial charge in [0.2, 0.25) is 59.1 Å². The highest BCUT2D eigenvalue weighted by atomic mass is 16.2. The van der Waals surface area contributed by atoms with Crippen LogP contribution < -0.4 is 53.2 Å². The smallest absolute Gasteiger partial charge is 0.277 e. The second-order valence-electron chi connectivity index (χ2n) is 19.3. The molecule has 0 aliphatic carbocycles. The summed E-state index contributed by atoms with van der Waals surface area (Å²) in [6.07, 6.45) is 1.47. The Morgan fingerprint density at radius 2 is 0.306 bits per heavy atom. The number of hydrogen-bond donors (Lipinski definition) is 10. The first-order valence-corrected chi connectivity index (χ1v) is 26.7. The molecule has 5 heterocycles. The van der Waals surface area contributed by atoms with Crippen molar-refractivity contribution in [2.24, 2.45) is 0 Å². The van der Waals surface area contributed by atoms with Gasteiger partial charge in [-0.2, -0.15) is 0 Å². The number of carbonyl (C=O) groups is 15. The summed E-state index contributed by atoms with van der Waals surface area (Å²) in [5.74, 6) is -5.69. The molecule has 5 aromatic carbocycles. The number of amides is 20. The first-order chi connectivity index (χ1) is 40.5. The Kier molecular flexibility index (Phi) is 20.0. The van der Waals surface area contributed by atoms with Gasteiger partial charge in [0.05, 0.1) is 0 Å². The lowest BCUT2D eigenvalue weighted by Crippen LogP contribution is -2.64. The highest BCUT2D eigenvalue weighted by Crippen LogP contribution is 2.35. The summed E-state index contributed by atoms with van der Waals surface area (Å²) < 4.78 is 0. The molecule has 0 radical (unpaired) electrons. The Hall–Kier alpha value is -10.9. The van der Waals surface area contributed by atoms with Crippen LogP contribution in [0, 0.1) is 0 Å². The summed E-state index contributed by atoms with van der Waals surface area (Å²) in [6, 6.07) is 39.8. The molecule has 5 aliphatic rings. The van der Waals surface area contributed by atoms with Gasteiger partial charge >= 0.3 is 30.2 Å². The maximum Gasteiger partial charge on any atom is 0.328 e. The molecule has 0 bridgehead atoms. The normalized spacial score (nSPS) is 18.5. The molecule has 10 rings (SSSR count). The van der Waals surface area contributed by atoms with Crippen molar-refractivity contribution in [1.29, 1.82) is 0 Å². The number of nitrogens with one attached hydrogen (secondary N) is 10. The molecule has 440 valence electrons. The van der Waals surface area contributed by atoms with Gasteiger partial charge in [-0.3, -0.25) is 101 Å². The van der Waals surface area contributed by atoms with Crippen molar-refractivity contribution in [3.63, 3.8) is 0 Å². The summed E-state index contributed by atoms with van der Waals surface area (Å²) >= 11 is 0. The van der Waals surface area contributed by atoms with Crippen molar-refractivity contribution in [1.82, 2.24) is 53.2 Å². The minimum Gasteiger partial charge on any atom is -0.277 e. The van der Waals surface area contributed by atoms with Gasteiger partial charge in [-0.15, -0.1) is 0 Å². The molecule has 10 N–H and O–H groups in total. The molecule has 25 heteroatoms. The van der Waals surface area contributed by atoms with Crippen LogP contribution in [0.4, 0.5) is 24.0 Å². The maximum atomic E-state index is 12.0. The van der Waals surface area contributed by atoms with E-state index in [9.17, 15) is 71.9 Å². The monoisotopic (exact) mass is 1160 g/mol. The molecule has 0 aromatic heterocycles. The van der Waals surface area contributed by atoms with Gasteiger partial charge in [-0.05, 0) is 59.9 Å². The van der Waals surface area contributed by atoms with Crippen LogP contribution in [-0.4, -0.2) is 89.2 Å². The number of hydrogen-bond acceptors (Lipinski definition) is 15. The average molecular weight is 1160 g/mol. The van der Waals surface area contributed by atoms with Crippen LogP contribution in [0.1, 0.15) is 94.5 Å². The van der Waals surface area contributed by atoms with E-state index < -0.39 is 116 Å². The lowest BCUT2D eigenvalue weighted by atomic mass is 9.75. The van der Waals surface area contributed by atoms with E-state index in [1.54, 1.807) is 186 Å². The van der Waals surface area contributed by atoms with Crippen LogP contribution in [0.2, 0.25) is 0 Å². The largest absolute Gasteiger partial charge is 0.328 e. The fourth-order valence-electron chi connectivity index (χ4n) is 10.3. The highest BCUT2D eigenvalue weighted by molar-refractivity contribution is 6.26. The van der Waals surface area contributed by atoms with Gasteiger partial charge < -0.3 is 0 Å². The van der Waals surface area contributed by atoms with Gasteiger partial charge in [-0.1, -0.05) is 186 Å². The first-order valence-electron chi connectivity index (χ1n) is 26.7. The van der Waals surface area contributed by atoms with Crippen molar-refractivity contribution in [2.75, 3.05) is 0 Å². The van der Waals surface area contributed by atoms with E-state index in [1.807, 2.05) is 0 Å². The van der Waals surface area contributed by atoms with Crippen LogP contribution in [0.3, 0.4) is 0 Å². The average Bonchev–Trinajstić information content (AvgIpc) is 1.96. The second kappa shape index (κ2) is 26.8. The molecular weight excluding hydrogens is 1100 g/mol. The molecule has 0 unspecified atom stereocenters. The fourth-order valence-corrected chi connectivity index (χ4v) is 10.3. The molecule has 25 nitrogen and oxygen atoms in total. The molecule has 5 fully saturated rings. The Bertz CT molecular complexity index is 2840. The summed E-state index contributed by atoms with van der Waals surface area (Å²) in [5.41, 5.74) is -3.61. The number of carbonyl (C=O) groups excluding carboxylic acids is 15. The minimum absolute atomic E-state index is 0.294. The van der Waals surface area contributed by atoms with Gasteiger partial charge in [-0.25, -0.2) is 24.0 Å². The number of rotatable bonds is 10. The van der Waals surface area contributed by atoms with E-state index in [0.29, 0.717) is 59.9 Å². The third kappa shape index (κ3) is 12.2. The van der Waals surface area contributed by atoms with Crippen molar-refractivity contribution in [2.45, 2.75) is 93.8 Å². The molecule has 85 heavy (non-hydrogen) atoms. The third-order valence-electron chi connectivity index (χ3n) is 15.1.